The molecule has 0 atom stereocenters. The van der Waals surface area contributed by atoms with Gasteiger partial charge in [0.1, 0.15) is 11.5 Å². The molecular formula is C21H29N3O4. The van der Waals surface area contributed by atoms with Gasteiger partial charge in [-0.25, -0.2) is 0 Å². The zero-order chi connectivity index (χ0) is 20.1. The van der Waals surface area contributed by atoms with E-state index < -0.39 is 5.91 Å². The van der Waals surface area contributed by atoms with Crippen LogP contribution in [0, 0.1) is 6.92 Å². The third-order valence-corrected chi connectivity index (χ3v) is 5.28. The maximum Gasteiger partial charge on any atom is 0.250 e. The van der Waals surface area contributed by atoms with Gasteiger partial charge < -0.3 is 24.5 Å². The summed E-state index contributed by atoms with van der Waals surface area (Å²) in [5.41, 5.74) is 8.86. The highest BCUT2D eigenvalue weighted by molar-refractivity contribution is 5.96. The number of ether oxygens (including phenoxy) is 3. The maximum atomic E-state index is 11.9. The second-order valence-electron chi connectivity index (χ2n) is 6.92. The van der Waals surface area contributed by atoms with E-state index in [-0.39, 0.29) is 0 Å². The van der Waals surface area contributed by atoms with Gasteiger partial charge in [-0.1, -0.05) is 0 Å². The maximum absolute atomic E-state index is 11.9. The van der Waals surface area contributed by atoms with Crippen molar-refractivity contribution in [3.63, 3.8) is 0 Å². The van der Waals surface area contributed by atoms with E-state index in [4.69, 9.17) is 19.9 Å². The molecule has 1 amide bonds. The molecule has 0 aliphatic carbocycles. The molecule has 7 heteroatoms. The molecule has 28 heavy (non-hydrogen) atoms. The Morgan fingerprint density at radius 1 is 1.14 bits per heavy atom. The van der Waals surface area contributed by atoms with Gasteiger partial charge in [0, 0.05) is 43.5 Å². The Kier molecular flexibility index (Phi) is 6.59. The molecular weight excluding hydrogens is 358 g/mol. The summed E-state index contributed by atoms with van der Waals surface area (Å²) in [7, 11) is 3.25. The molecule has 2 aromatic rings. The summed E-state index contributed by atoms with van der Waals surface area (Å²) in [6.07, 6.45) is 0.971. The van der Waals surface area contributed by atoms with Gasteiger partial charge in [0.05, 0.1) is 38.7 Å². The van der Waals surface area contributed by atoms with Gasteiger partial charge in [-0.2, -0.15) is 0 Å². The van der Waals surface area contributed by atoms with Crippen LogP contribution in [0.15, 0.2) is 24.3 Å². The predicted molar refractivity (Wildman–Crippen MR) is 108 cm³/mol. The number of amides is 1. The number of carbonyl (C=O) groups excluding carboxylic acids is 1. The molecule has 1 fully saturated rings. The highest BCUT2D eigenvalue weighted by Gasteiger charge is 2.20. The van der Waals surface area contributed by atoms with Crippen molar-refractivity contribution >= 4 is 5.91 Å². The lowest BCUT2D eigenvalue weighted by molar-refractivity contribution is 0.0369. The minimum Gasteiger partial charge on any atom is -0.497 e. The van der Waals surface area contributed by atoms with Crippen LogP contribution in [0.25, 0.3) is 11.3 Å². The number of methoxy groups -OCH3 is 2. The Morgan fingerprint density at radius 2 is 1.89 bits per heavy atom. The van der Waals surface area contributed by atoms with Crippen LogP contribution < -0.4 is 15.2 Å². The average Bonchev–Trinajstić information content (AvgIpc) is 3.05. The van der Waals surface area contributed by atoms with E-state index in [9.17, 15) is 4.79 Å². The fourth-order valence-electron chi connectivity index (χ4n) is 3.69. The second kappa shape index (κ2) is 9.12. The quantitative estimate of drug-likeness (QED) is 0.752. The topological polar surface area (TPSA) is 79.0 Å². The zero-order valence-corrected chi connectivity index (χ0v) is 16.9. The molecule has 1 aromatic heterocycles. The van der Waals surface area contributed by atoms with Crippen LogP contribution in [-0.2, 0) is 11.3 Å². The van der Waals surface area contributed by atoms with Crippen molar-refractivity contribution in [2.75, 3.05) is 47.1 Å². The van der Waals surface area contributed by atoms with Gasteiger partial charge in [0.2, 0.25) is 0 Å². The summed E-state index contributed by atoms with van der Waals surface area (Å²) in [4.78, 5) is 14.3. The third kappa shape index (κ3) is 4.31. The molecule has 0 unspecified atom stereocenters. The number of aromatic nitrogens is 1. The Hall–Kier alpha value is -2.51. The van der Waals surface area contributed by atoms with Crippen molar-refractivity contribution < 1.29 is 19.0 Å². The SMILES string of the molecule is COc1ccc(-c2cc(C(N)=O)c(C)n2CCCN2CCOCC2)c(OC)c1. The van der Waals surface area contributed by atoms with Gasteiger partial charge in [0.15, 0.2) is 0 Å². The van der Waals surface area contributed by atoms with E-state index in [0.29, 0.717) is 11.3 Å². The third-order valence-electron chi connectivity index (χ3n) is 5.28. The van der Waals surface area contributed by atoms with Crippen LogP contribution in [0.3, 0.4) is 0 Å². The lowest BCUT2D eigenvalue weighted by Crippen LogP contribution is -2.37. The highest BCUT2D eigenvalue weighted by Crippen LogP contribution is 2.35. The van der Waals surface area contributed by atoms with Crippen LogP contribution in [0.1, 0.15) is 22.5 Å². The minimum absolute atomic E-state index is 0.418. The van der Waals surface area contributed by atoms with Gasteiger partial charge >= 0.3 is 0 Å². The van der Waals surface area contributed by atoms with Crippen LogP contribution >= 0.6 is 0 Å². The number of rotatable bonds is 8. The van der Waals surface area contributed by atoms with Crippen molar-refractivity contribution in [1.82, 2.24) is 9.47 Å². The molecule has 2 heterocycles. The molecule has 1 aliphatic rings. The summed E-state index contributed by atoms with van der Waals surface area (Å²) in [5.74, 6) is 0.998. The summed E-state index contributed by atoms with van der Waals surface area (Å²) in [5, 5.41) is 0. The molecule has 1 saturated heterocycles. The number of morpholine rings is 1. The summed E-state index contributed by atoms with van der Waals surface area (Å²) in [6, 6.07) is 7.55. The Morgan fingerprint density at radius 3 is 2.54 bits per heavy atom. The molecule has 0 bridgehead atoms. The molecule has 0 saturated carbocycles. The molecule has 7 nitrogen and oxygen atoms in total. The second-order valence-corrected chi connectivity index (χ2v) is 6.92. The highest BCUT2D eigenvalue weighted by atomic mass is 16.5. The van der Waals surface area contributed by atoms with Crippen LogP contribution in [0.5, 0.6) is 11.5 Å². The van der Waals surface area contributed by atoms with Crippen molar-refractivity contribution in [1.29, 1.82) is 0 Å². The van der Waals surface area contributed by atoms with E-state index in [1.54, 1.807) is 14.2 Å². The van der Waals surface area contributed by atoms with Crippen LogP contribution in [0.2, 0.25) is 0 Å². The van der Waals surface area contributed by atoms with Gasteiger partial charge in [0.25, 0.3) is 5.91 Å². The largest absolute Gasteiger partial charge is 0.497 e. The Bertz CT molecular complexity index is 825. The molecule has 1 aliphatic heterocycles. The first-order valence-electron chi connectivity index (χ1n) is 9.57. The first-order valence-corrected chi connectivity index (χ1v) is 9.57. The smallest absolute Gasteiger partial charge is 0.250 e. The fraction of sp³-hybridized carbons (Fsp3) is 0.476. The number of hydrogen-bond donors (Lipinski definition) is 1. The number of benzene rings is 1. The van der Waals surface area contributed by atoms with E-state index in [0.717, 1.165) is 68.5 Å². The van der Waals surface area contributed by atoms with Crippen molar-refractivity contribution in [2.45, 2.75) is 19.9 Å². The standard InChI is InChI=1S/C21H29N3O4/c1-15-18(21(22)25)14-19(17-6-5-16(26-2)13-20(17)27-3)24(15)8-4-7-23-9-11-28-12-10-23/h5-6,13-14H,4,7-12H2,1-3H3,(H2,22,25). The van der Waals surface area contributed by atoms with Crippen LogP contribution in [-0.4, -0.2) is 62.4 Å². The fourth-order valence-corrected chi connectivity index (χ4v) is 3.69. The molecule has 2 N–H and O–H groups in total. The van der Waals surface area contributed by atoms with E-state index >= 15 is 0 Å². The summed E-state index contributed by atoms with van der Waals surface area (Å²) < 4.78 is 18.4. The lowest BCUT2D eigenvalue weighted by Gasteiger charge is -2.26. The first-order chi connectivity index (χ1) is 13.5. The van der Waals surface area contributed by atoms with Gasteiger partial charge in [-0.15, -0.1) is 0 Å². The minimum atomic E-state index is -0.418. The molecule has 1 aromatic carbocycles. The average molecular weight is 387 g/mol. The number of nitrogens with zero attached hydrogens (tertiary/aromatic N) is 2. The zero-order valence-electron chi connectivity index (χ0n) is 16.9. The van der Waals surface area contributed by atoms with Gasteiger partial charge in [-0.05, 0) is 31.5 Å². The van der Waals surface area contributed by atoms with Gasteiger partial charge in [-0.3, -0.25) is 9.69 Å². The number of carbonyl (C=O) groups is 1. The van der Waals surface area contributed by atoms with Crippen molar-refractivity contribution in [2.24, 2.45) is 5.73 Å². The monoisotopic (exact) mass is 387 g/mol. The Labute approximate surface area is 166 Å². The first kappa shape index (κ1) is 20.2. The van der Waals surface area contributed by atoms with Crippen molar-refractivity contribution in [3.8, 4) is 22.8 Å². The number of primary amides is 1. The van der Waals surface area contributed by atoms with Crippen molar-refractivity contribution in [3.05, 3.63) is 35.5 Å². The van der Waals surface area contributed by atoms with Crippen LogP contribution in [0.4, 0.5) is 0 Å². The predicted octanol–water partition coefficient (Wildman–Crippen LogP) is 2.30. The molecule has 0 spiro atoms. The Balaban J connectivity index is 1.89. The molecule has 152 valence electrons. The number of nitrogens with two attached hydrogens (primary N) is 1. The summed E-state index contributed by atoms with van der Waals surface area (Å²) >= 11 is 0. The van der Waals surface area contributed by atoms with E-state index in [2.05, 4.69) is 9.47 Å². The summed E-state index contributed by atoms with van der Waals surface area (Å²) in [6.45, 7) is 7.25. The number of hydrogen-bond acceptors (Lipinski definition) is 5. The lowest BCUT2D eigenvalue weighted by atomic mass is 10.1. The van der Waals surface area contributed by atoms with E-state index in [1.807, 2.05) is 31.2 Å². The van der Waals surface area contributed by atoms with E-state index in [1.165, 1.54) is 0 Å². The molecule has 3 rings (SSSR count). The molecule has 0 radical (unpaired) electrons. The normalized spacial score (nSPS) is 14.8.